The Hall–Kier alpha value is -1.80. The quantitative estimate of drug-likeness (QED) is 0.466. The van der Waals surface area contributed by atoms with E-state index in [1.54, 1.807) is 13.8 Å². The Labute approximate surface area is 92.2 Å². The first-order chi connectivity index (χ1) is 7.46. The Morgan fingerprint density at radius 2 is 2.12 bits per heavy atom. The molecular weight excluding hydrogens is 212 g/mol. The van der Waals surface area contributed by atoms with E-state index in [0.29, 0.717) is 17.4 Å². The van der Waals surface area contributed by atoms with E-state index in [4.69, 9.17) is 10.5 Å². The maximum Gasteiger partial charge on any atom is 0.246 e. The number of nitrogen functional groups attached to an aromatic ring is 1. The van der Waals surface area contributed by atoms with Crippen molar-refractivity contribution in [3.8, 4) is 5.88 Å². The molecule has 0 saturated carbocycles. The van der Waals surface area contributed by atoms with Gasteiger partial charge in [0.25, 0.3) is 0 Å². The van der Waals surface area contributed by atoms with Crippen LogP contribution in [-0.2, 0) is 0 Å². The van der Waals surface area contributed by atoms with Crippen molar-refractivity contribution in [2.75, 3.05) is 23.2 Å². The number of anilines is 3. The highest BCUT2D eigenvalue weighted by Gasteiger charge is 2.21. The second kappa shape index (κ2) is 3.65. The summed E-state index contributed by atoms with van der Waals surface area (Å²) in [5, 5.41) is 9.55. The predicted octanol–water partition coefficient (Wildman–Crippen LogP) is -0.535. The topological polar surface area (TPSA) is 117 Å². The molecule has 1 aromatic rings. The molecule has 0 amide bonds. The Bertz CT molecular complexity index is 402. The third-order valence-corrected chi connectivity index (χ3v) is 1.82. The summed E-state index contributed by atoms with van der Waals surface area (Å²) < 4.78 is 5.37. The van der Waals surface area contributed by atoms with Crippen LogP contribution in [0.4, 0.5) is 17.5 Å². The summed E-state index contributed by atoms with van der Waals surface area (Å²) in [4.78, 5) is 7.89. The molecule has 0 aliphatic carbocycles. The van der Waals surface area contributed by atoms with Crippen LogP contribution in [0, 0.1) is 0 Å². The Morgan fingerprint density at radius 3 is 2.81 bits per heavy atom. The summed E-state index contributed by atoms with van der Waals surface area (Å²) in [6, 6.07) is 0. The monoisotopic (exact) mass is 226 g/mol. The molecule has 2 heterocycles. The van der Waals surface area contributed by atoms with Crippen LogP contribution in [0.1, 0.15) is 13.8 Å². The molecule has 0 fully saturated rings. The summed E-state index contributed by atoms with van der Waals surface area (Å²) in [7, 11) is 0. The molecule has 16 heavy (non-hydrogen) atoms. The van der Waals surface area contributed by atoms with E-state index < -0.39 is 5.60 Å². The van der Waals surface area contributed by atoms with E-state index in [1.165, 1.54) is 0 Å². The van der Waals surface area contributed by atoms with Gasteiger partial charge in [-0.05, 0) is 13.8 Å². The largest absolute Gasteiger partial charge is 0.473 e. The number of hydrogen-bond acceptors (Lipinski definition) is 8. The van der Waals surface area contributed by atoms with Gasteiger partial charge in [-0.2, -0.15) is 9.97 Å². The van der Waals surface area contributed by atoms with Gasteiger partial charge in [-0.25, -0.2) is 0 Å². The summed E-state index contributed by atoms with van der Waals surface area (Å²) in [5.74, 6) is 0.905. The number of fused-ring (bicyclic) bond motifs is 1. The molecule has 8 heteroatoms. The van der Waals surface area contributed by atoms with Gasteiger partial charge in [0.1, 0.15) is 6.61 Å². The van der Waals surface area contributed by atoms with E-state index in [9.17, 15) is 5.11 Å². The van der Waals surface area contributed by atoms with Gasteiger partial charge in [-0.1, -0.05) is 0 Å². The molecule has 0 spiro atoms. The lowest BCUT2D eigenvalue weighted by atomic mass is 10.2. The van der Waals surface area contributed by atoms with Gasteiger partial charge >= 0.3 is 0 Å². The van der Waals surface area contributed by atoms with Crippen molar-refractivity contribution < 1.29 is 9.84 Å². The molecule has 0 unspecified atom stereocenters. The van der Waals surface area contributed by atoms with Gasteiger partial charge in [0, 0.05) is 0 Å². The molecule has 1 aliphatic heterocycles. The average Bonchev–Trinajstić information content (AvgIpc) is 2.60. The number of hydrazine groups is 2. The summed E-state index contributed by atoms with van der Waals surface area (Å²) >= 11 is 0. The minimum atomic E-state index is -0.938. The molecule has 0 bridgehead atoms. The van der Waals surface area contributed by atoms with Crippen LogP contribution in [0.5, 0.6) is 5.88 Å². The highest BCUT2D eigenvalue weighted by atomic mass is 16.5. The zero-order valence-corrected chi connectivity index (χ0v) is 9.03. The van der Waals surface area contributed by atoms with Crippen molar-refractivity contribution >= 4 is 17.5 Å². The molecule has 0 aromatic carbocycles. The van der Waals surface area contributed by atoms with Crippen LogP contribution >= 0.6 is 0 Å². The molecule has 1 aromatic heterocycles. The van der Waals surface area contributed by atoms with Crippen LogP contribution < -0.4 is 26.9 Å². The second-order valence-electron chi connectivity index (χ2n) is 4.09. The molecule has 1 aliphatic rings. The fourth-order valence-electron chi connectivity index (χ4n) is 1.16. The zero-order valence-electron chi connectivity index (χ0n) is 9.03. The standard InChI is InChI=1S/C8H14N6O2/c1-8(2,15)3-16-6-4-5(13-14-12-4)10-7(9)11-6/h12,14-15H,3H2,1-2H3,(H3,9,10,11,13). The Balaban J connectivity index is 2.21. The third kappa shape index (κ3) is 2.23. The first kappa shape index (κ1) is 10.7. The van der Waals surface area contributed by atoms with Crippen molar-refractivity contribution in [3.05, 3.63) is 0 Å². The number of aromatic nitrogens is 2. The zero-order chi connectivity index (χ0) is 11.8. The number of nitrogens with one attached hydrogen (secondary N) is 3. The van der Waals surface area contributed by atoms with E-state index in [1.807, 2.05) is 0 Å². The number of hydrogen-bond donors (Lipinski definition) is 5. The maximum absolute atomic E-state index is 9.55. The molecule has 2 rings (SSSR count). The number of nitrogens with zero attached hydrogens (tertiary/aromatic N) is 2. The van der Waals surface area contributed by atoms with Crippen LogP contribution in [0.15, 0.2) is 0 Å². The van der Waals surface area contributed by atoms with Gasteiger partial charge in [0.05, 0.1) is 5.60 Å². The number of rotatable bonds is 3. The highest BCUT2D eigenvalue weighted by molar-refractivity contribution is 5.73. The van der Waals surface area contributed by atoms with Gasteiger partial charge in [-0.3, -0.25) is 10.9 Å². The maximum atomic E-state index is 9.55. The number of aliphatic hydroxyl groups is 1. The molecule has 0 radical (unpaired) electrons. The van der Waals surface area contributed by atoms with E-state index in [2.05, 4.69) is 26.4 Å². The van der Waals surface area contributed by atoms with Crippen LogP contribution in [0.25, 0.3) is 0 Å². The Morgan fingerprint density at radius 1 is 1.38 bits per heavy atom. The van der Waals surface area contributed by atoms with Gasteiger partial charge < -0.3 is 15.6 Å². The van der Waals surface area contributed by atoms with Crippen LogP contribution in [0.3, 0.4) is 0 Å². The van der Waals surface area contributed by atoms with Crippen molar-refractivity contribution in [2.24, 2.45) is 0 Å². The highest BCUT2D eigenvalue weighted by Crippen LogP contribution is 2.32. The van der Waals surface area contributed by atoms with E-state index in [0.717, 1.165) is 0 Å². The lowest BCUT2D eigenvalue weighted by Crippen LogP contribution is -2.28. The minimum absolute atomic E-state index is 0.0995. The van der Waals surface area contributed by atoms with Gasteiger partial charge in [0.15, 0.2) is 11.5 Å². The smallest absolute Gasteiger partial charge is 0.246 e. The molecule has 88 valence electrons. The third-order valence-electron chi connectivity index (χ3n) is 1.82. The van der Waals surface area contributed by atoms with Gasteiger partial charge in [-0.15, -0.1) is 5.53 Å². The molecule has 0 atom stereocenters. The van der Waals surface area contributed by atoms with E-state index in [-0.39, 0.29) is 12.6 Å². The minimum Gasteiger partial charge on any atom is -0.473 e. The van der Waals surface area contributed by atoms with Crippen molar-refractivity contribution in [1.82, 2.24) is 15.5 Å². The summed E-state index contributed by atoms with van der Waals surface area (Å²) in [6.45, 7) is 3.39. The van der Waals surface area contributed by atoms with Crippen molar-refractivity contribution in [2.45, 2.75) is 19.4 Å². The lowest BCUT2D eigenvalue weighted by Gasteiger charge is -2.18. The van der Waals surface area contributed by atoms with Crippen molar-refractivity contribution in [3.63, 3.8) is 0 Å². The number of ether oxygens (including phenoxy) is 1. The fraction of sp³-hybridized carbons (Fsp3) is 0.500. The predicted molar refractivity (Wildman–Crippen MR) is 58.6 cm³/mol. The molecular formula is C8H14N6O2. The summed E-state index contributed by atoms with van der Waals surface area (Å²) in [5.41, 5.74) is 13.3. The molecule has 0 saturated heterocycles. The first-order valence-electron chi connectivity index (χ1n) is 4.75. The Kier molecular flexibility index (Phi) is 2.44. The fourth-order valence-corrected chi connectivity index (χ4v) is 1.16. The molecule has 6 N–H and O–H groups in total. The van der Waals surface area contributed by atoms with Crippen LogP contribution in [0.2, 0.25) is 0 Å². The van der Waals surface area contributed by atoms with Crippen molar-refractivity contribution in [1.29, 1.82) is 0 Å². The average molecular weight is 226 g/mol. The SMILES string of the molecule is CC(C)(O)COc1nc(N)nc2c1NNN2. The van der Waals surface area contributed by atoms with Gasteiger partial charge in [0.2, 0.25) is 11.8 Å². The second-order valence-corrected chi connectivity index (χ2v) is 4.09. The lowest BCUT2D eigenvalue weighted by molar-refractivity contribution is 0.0271. The first-order valence-corrected chi connectivity index (χ1v) is 4.75. The normalized spacial score (nSPS) is 13.9. The number of nitrogens with two attached hydrogens (primary N) is 1. The summed E-state index contributed by atoms with van der Waals surface area (Å²) in [6.07, 6.45) is 0. The van der Waals surface area contributed by atoms with Crippen LogP contribution in [-0.4, -0.2) is 27.3 Å². The van der Waals surface area contributed by atoms with E-state index >= 15 is 0 Å². The molecule has 8 nitrogen and oxygen atoms in total.